The summed E-state index contributed by atoms with van der Waals surface area (Å²) in [5.41, 5.74) is 7.50. The van der Waals surface area contributed by atoms with Crippen LogP contribution in [0.1, 0.15) is 10.4 Å². The number of benzene rings is 2. The summed E-state index contributed by atoms with van der Waals surface area (Å²) in [7, 11) is 1.60. The predicted octanol–water partition coefficient (Wildman–Crippen LogP) is 2.60. The average molecular weight is 268 g/mol. The van der Waals surface area contributed by atoms with Crippen molar-refractivity contribution < 1.29 is 13.9 Å². The molecule has 3 rings (SSSR count). The Hall–Kier alpha value is -2.82. The van der Waals surface area contributed by atoms with E-state index in [0.29, 0.717) is 22.6 Å². The van der Waals surface area contributed by atoms with Crippen molar-refractivity contribution >= 4 is 17.0 Å². The van der Waals surface area contributed by atoms with E-state index >= 15 is 0 Å². The zero-order valence-corrected chi connectivity index (χ0v) is 10.8. The molecule has 5 nitrogen and oxygen atoms in total. The predicted molar refractivity (Wildman–Crippen MR) is 74.5 cm³/mol. The number of aromatic nitrogens is 1. The molecule has 1 heterocycles. The summed E-state index contributed by atoms with van der Waals surface area (Å²) in [6, 6.07) is 12.4. The molecule has 0 radical (unpaired) electrons. The molecular weight excluding hydrogens is 256 g/mol. The number of hydrogen-bond donors (Lipinski definition) is 1. The fourth-order valence-corrected chi connectivity index (χ4v) is 2.00. The van der Waals surface area contributed by atoms with E-state index in [0.717, 1.165) is 11.3 Å². The van der Waals surface area contributed by atoms with Crippen LogP contribution in [0.15, 0.2) is 46.9 Å². The number of carbonyl (C=O) groups is 1. The van der Waals surface area contributed by atoms with Gasteiger partial charge in [-0.2, -0.15) is 0 Å². The standard InChI is InChI=1S/C15H12N2O3/c1-19-10-7-5-9(6-8-10)15-17-13-11(14(16)18)3-2-4-12(13)20-15/h2-8H,1H3,(H2,16,18). The topological polar surface area (TPSA) is 78.4 Å². The lowest BCUT2D eigenvalue weighted by Gasteiger charge is -1.99. The molecule has 0 unspecified atom stereocenters. The molecule has 0 aliphatic carbocycles. The summed E-state index contributed by atoms with van der Waals surface area (Å²) in [4.78, 5) is 15.7. The maximum Gasteiger partial charge on any atom is 0.251 e. The molecule has 0 aliphatic heterocycles. The fourth-order valence-electron chi connectivity index (χ4n) is 2.00. The highest BCUT2D eigenvalue weighted by Crippen LogP contribution is 2.27. The van der Waals surface area contributed by atoms with Crippen LogP contribution in [0.5, 0.6) is 5.75 Å². The van der Waals surface area contributed by atoms with Gasteiger partial charge in [0.15, 0.2) is 5.58 Å². The SMILES string of the molecule is COc1ccc(-c2nc3c(C(N)=O)cccc3o2)cc1. The molecule has 20 heavy (non-hydrogen) atoms. The minimum Gasteiger partial charge on any atom is -0.497 e. The van der Waals surface area contributed by atoms with Gasteiger partial charge in [0.2, 0.25) is 5.89 Å². The second kappa shape index (κ2) is 4.70. The summed E-state index contributed by atoms with van der Waals surface area (Å²) < 4.78 is 10.8. The van der Waals surface area contributed by atoms with Crippen molar-refractivity contribution in [3.05, 3.63) is 48.0 Å². The smallest absolute Gasteiger partial charge is 0.251 e. The lowest BCUT2D eigenvalue weighted by molar-refractivity contribution is 0.100. The summed E-state index contributed by atoms with van der Waals surface area (Å²) >= 11 is 0. The van der Waals surface area contributed by atoms with Crippen LogP contribution < -0.4 is 10.5 Å². The number of fused-ring (bicyclic) bond motifs is 1. The van der Waals surface area contributed by atoms with Crippen LogP contribution in [0.2, 0.25) is 0 Å². The first-order valence-electron chi connectivity index (χ1n) is 6.03. The number of primary amides is 1. The number of carbonyl (C=O) groups excluding carboxylic acids is 1. The highest BCUT2D eigenvalue weighted by Gasteiger charge is 2.14. The monoisotopic (exact) mass is 268 g/mol. The van der Waals surface area contributed by atoms with Gasteiger partial charge in [-0.1, -0.05) is 6.07 Å². The summed E-state index contributed by atoms with van der Waals surface area (Å²) in [6.07, 6.45) is 0. The maximum atomic E-state index is 11.4. The third-order valence-corrected chi connectivity index (χ3v) is 3.02. The van der Waals surface area contributed by atoms with Crippen LogP contribution >= 0.6 is 0 Å². The van der Waals surface area contributed by atoms with Gasteiger partial charge in [-0.3, -0.25) is 4.79 Å². The largest absolute Gasteiger partial charge is 0.497 e. The van der Waals surface area contributed by atoms with Gasteiger partial charge in [-0.05, 0) is 36.4 Å². The van der Waals surface area contributed by atoms with Gasteiger partial charge < -0.3 is 14.9 Å². The van der Waals surface area contributed by atoms with Crippen molar-refractivity contribution in [2.75, 3.05) is 7.11 Å². The van der Waals surface area contributed by atoms with Crippen LogP contribution in [-0.2, 0) is 0 Å². The summed E-state index contributed by atoms with van der Waals surface area (Å²) in [5, 5.41) is 0. The molecule has 0 bridgehead atoms. The lowest BCUT2D eigenvalue weighted by Crippen LogP contribution is -2.11. The zero-order valence-electron chi connectivity index (χ0n) is 10.8. The van der Waals surface area contributed by atoms with Crippen molar-refractivity contribution in [2.24, 2.45) is 5.73 Å². The van der Waals surface area contributed by atoms with E-state index in [4.69, 9.17) is 14.9 Å². The van der Waals surface area contributed by atoms with E-state index < -0.39 is 5.91 Å². The Morgan fingerprint density at radius 3 is 2.60 bits per heavy atom. The van der Waals surface area contributed by atoms with Gasteiger partial charge in [0.05, 0.1) is 12.7 Å². The molecule has 2 N–H and O–H groups in total. The van der Waals surface area contributed by atoms with Gasteiger partial charge >= 0.3 is 0 Å². The lowest BCUT2D eigenvalue weighted by atomic mass is 10.2. The van der Waals surface area contributed by atoms with Gasteiger partial charge in [0.25, 0.3) is 5.91 Å². The zero-order chi connectivity index (χ0) is 14.1. The normalized spacial score (nSPS) is 10.7. The van der Waals surface area contributed by atoms with Crippen LogP contribution in [0.25, 0.3) is 22.6 Å². The number of methoxy groups -OCH3 is 1. The Morgan fingerprint density at radius 1 is 1.20 bits per heavy atom. The van der Waals surface area contributed by atoms with Crippen LogP contribution in [-0.4, -0.2) is 18.0 Å². The third-order valence-electron chi connectivity index (χ3n) is 3.02. The minimum atomic E-state index is -0.523. The Balaban J connectivity index is 2.12. The van der Waals surface area contributed by atoms with E-state index in [1.807, 2.05) is 24.3 Å². The van der Waals surface area contributed by atoms with E-state index in [-0.39, 0.29) is 0 Å². The number of para-hydroxylation sites is 1. The maximum absolute atomic E-state index is 11.4. The second-order valence-electron chi connectivity index (χ2n) is 4.26. The van der Waals surface area contributed by atoms with Gasteiger partial charge in [0, 0.05) is 5.56 Å². The molecule has 5 heteroatoms. The van der Waals surface area contributed by atoms with Crippen molar-refractivity contribution in [1.29, 1.82) is 0 Å². The third kappa shape index (κ3) is 1.99. The molecule has 3 aromatic rings. The molecule has 0 spiro atoms. The van der Waals surface area contributed by atoms with Crippen molar-refractivity contribution in [3.8, 4) is 17.2 Å². The Kier molecular flexibility index (Phi) is 2.87. The number of oxazole rings is 1. The highest BCUT2D eigenvalue weighted by molar-refractivity contribution is 6.03. The van der Waals surface area contributed by atoms with Gasteiger partial charge in [-0.15, -0.1) is 0 Å². The molecule has 1 amide bonds. The van der Waals surface area contributed by atoms with Crippen molar-refractivity contribution in [1.82, 2.24) is 4.98 Å². The Labute approximate surface area is 115 Å². The number of ether oxygens (including phenoxy) is 1. The number of rotatable bonds is 3. The first-order valence-corrected chi connectivity index (χ1v) is 6.03. The fraction of sp³-hybridized carbons (Fsp3) is 0.0667. The number of nitrogens with two attached hydrogens (primary N) is 1. The van der Waals surface area contributed by atoms with Crippen LogP contribution in [0.3, 0.4) is 0 Å². The van der Waals surface area contributed by atoms with E-state index in [9.17, 15) is 4.79 Å². The second-order valence-corrected chi connectivity index (χ2v) is 4.26. The minimum absolute atomic E-state index is 0.353. The van der Waals surface area contributed by atoms with Crippen molar-refractivity contribution in [3.63, 3.8) is 0 Å². The molecule has 0 aliphatic rings. The summed E-state index contributed by atoms with van der Waals surface area (Å²) in [6.45, 7) is 0. The molecule has 0 saturated carbocycles. The van der Waals surface area contributed by atoms with E-state index in [1.54, 1.807) is 25.3 Å². The molecule has 0 atom stereocenters. The first-order chi connectivity index (χ1) is 9.69. The van der Waals surface area contributed by atoms with Gasteiger partial charge in [0.1, 0.15) is 11.3 Å². The number of hydrogen-bond acceptors (Lipinski definition) is 4. The first kappa shape index (κ1) is 12.2. The number of amides is 1. The number of nitrogens with zero attached hydrogens (tertiary/aromatic N) is 1. The highest BCUT2D eigenvalue weighted by atomic mass is 16.5. The van der Waals surface area contributed by atoms with E-state index in [2.05, 4.69) is 4.98 Å². The van der Waals surface area contributed by atoms with Crippen LogP contribution in [0, 0.1) is 0 Å². The Bertz CT molecular complexity index is 775. The van der Waals surface area contributed by atoms with E-state index in [1.165, 1.54) is 0 Å². The molecular formula is C15H12N2O3. The average Bonchev–Trinajstić information content (AvgIpc) is 2.90. The molecule has 2 aromatic carbocycles. The van der Waals surface area contributed by atoms with Crippen molar-refractivity contribution in [2.45, 2.75) is 0 Å². The van der Waals surface area contributed by atoms with Crippen LogP contribution in [0.4, 0.5) is 0 Å². The molecule has 0 saturated heterocycles. The Morgan fingerprint density at radius 2 is 1.95 bits per heavy atom. The van der Waals surface area contributed by atoms with Gasteiger partial charge in [-0.25, -0.2) is 4.98 Å². The summed E-state index contributed by atoms with van der Waals surface area (Å²) in [5.74, 6) is 0.671. The molecule has 1 aromatic heterocycles. The molecule has 100 valence electrons. The molecule has 0 fully saturated rings. The quantitative estimate of drug-likeness (QED) is 0.792.